The summed E-state index contributed by atoms with van der Waals surface area (Å²) in [5.41, 5.74) is 1.84. The minimum absolute atomic E-state index is 0.107. The Morgan fingerprint density at radius 1 is 0.865 bits per heavy atom. The molecular formula is C28H24ClN3O5. The zero-order chi connectivity index (χ0) is 26.4. The molecule has 3 amide bonds. The van der Waals surface area contributed by atoms with E-state index in [0.717, 1.165) is 17.7 Å². The molecule has 4 rings (SSSR count). The number of carbonyl (C=O) groups excluding carboxylic acids is 4. The Balaban J connectivity index is 1.46. The molecule has 1 heterocycles. The number of hydrogen-bond donors (Lipinski definition) is 2. The first kappa shape index (κ1) is 25.7. The fourth-order valence-corrected chi connectivity index (χ4v) is 3.80. The van der Waals surface area contributed by atoms with Crippen LogP contribution in [0.25, 0.3) is 0 Å². The lowest BCUT2D eigenvalue weighted by Crippen LogP contribution is -2.32. The van der Waals surface area contributed by atoms with E-state index in [4.69, 9.17) is 16.3 Å². The number of carbonyl (C=O) groups is 4. The van der Waals surface area contributed by atoms with Gasteiger partial charge in [0.05, 0.1) is 17.9 Å². The Bertz CT molecular complexity index is 1370. The predicted octanol–water partition coefficient (Wildman–Crippen LogP) is 5.33. The van der Waals surface area contributed by atoms with Crippen molar-refractivity contribution in [3.63, 3.8) is 0 Å². The van der Waals surface area contributed by atoms with Crippen molar-refractivity contribution < 1.29 is 23.9 Å². The lowest BCUT2D eigenvalue weighted by Gasteiger charge is -2.16. The van der Waals surface area contributed by atoms with Crippen molar-refractivity contribution in [3.05, 3.63) is 101 Å². The molecule has 2 N–H and O–H groups in total. The van der Waals surface area contributed by atoms with E-state index < -0.39 is 17.8 Å². The normalized spacial score (nSPS) is 13.1. The topological polar surface area (TPSA) is 105 Å². The van der Waals surface area contributed by atoms with Gasteiger partial charge in [-0.25, -0.2) is 9.69 Å². The number of halogens is 1. The summed E-state index contributed by atoms with van der Waals surface area (Å²) < 4.78 is 5.22. The van der Waals surface area contributed by atoms with Crippen molar-refractivity contribution in [2.24, 2.45) is 0 Å². The largest absolute Gasteiger partial charge is 0.462 e. The van der Waals surface area contributed by atoms with E-state index in [1.54, 1.807) is 48.5 Å². The zero-order valence-corrected chi connectivity index (χ0v) is 20.7. The van der Waals surface area contributed by atoms with Gasteiger partial charge in [0.15, 0.2) is 0 Å². The van der Waals surface area contributed by atoms with Gasteiger partial charge in [0.2, 0.25) is 0 Å². The Morgan fingerprint density at radius 3 is 2.30 bits per heavy atom. The average molecular weight is 518 g/mol. The van der Waals surface area contributed by atoms with Gasteiger partial charge in [0.1, 0.15) is 10.7 Å². The van der Waals surface area contributed by atoms with Crippen LogP contribution >= 0.6 is 11.6 Å². The highest BCUT2D eigenvalue weighted by atomic mass is 35.5. The second-order valence-electron chi connectivity index (χ2n) is 8.20. The molecule has 0 radical (unpaired) electrons. The molecule has 8 nitrogen and oxygen atoms in total. The Morgan fingerprint density at radius 2 is 1.59 bits per heavy atom. The second kappa shape index (κ2) is 11.5. The van der Waals surface area contributed by atoms with Crippen molar-refractivity contribution >= 4 is 52.4 Å². The lowest BCUT2D eigenvalue weighted by molar-refractivity contribution is -0.120. The van der Waals surface area contributed by atoms with Crippen LogP contribution in [0.15, 0.2) is 89.6 Å². The van der Waals surface area contributed by atoms with Crippen molar-refractivity contribution in [2.75, 3.05) is 22.1 Å². The lowest BCUT2D eigenvalue weighted by atomic mass is 10.1. The summed E-state index contributed by atoms with van der Waals surface area (Å²) in [6.45, 7) is 2.27. The third-order valence-corrected chi connectivity index (χ3v) is 5.90. The minimum Gasteiger partial charge on any atom is -0.462 e. The van der Waals surface area contributed by atoms with Gasteiger partial charge in [0, 0.05) is 16.9 Å². The third-order valence-electron chi connectivity index (χ3n) is 5.55. The van der Waals surface area contributed by atoms with Crippen molar-refractivity contribution in [1.82, 2.24) is 0 Å². The number of amides is 3. The maximum absolute atomic E-state index is 13.1. The Kier molecular flexibility index (Phi) is 8.00. The summed E-state index contributed by atoms with van der Waals surface area (Å²) in [5.74, 6) is -2.22. The van der Waals surface area contributed by atoms with Gasteiger partial charge < -0.3 is 15.4 Å². The number of rotatable bonds is 9. The first-order chi connectivity index (χ1) is 17.9. The van der Waals surface area contributed by atoms with Gasteiger partial charge in [-0.3, -0.25) is 14.4 Å². The van der Waals surface area contributed by atoms with Gasteiger partial charge in [-0.1, -0.05) is 49.2 Å². The summed E-state index contributed by atoms with van der Waals surface area (Å²) >= 11 is 6.23. The number of unbranched alkanes of at least 4 members (excludes halogenated alkanes) is 1. The van der Waals surface area contributed by atoms with Crippen molar-refractivity contribution in [2.45, 2.75) is 19.8 Å². The van der Waals surface area contributed by atoms with Crippen LogP contribution in [0, 0.1) is 0 Å². The molecular weight excluding hydrogens is 494 g/mol. The van der Waals surface area contributed by atoms with Gasteiger partial charge in [0.25, 0.3) is 17.7 Å². The first-order valence-corrected chi connectivity index (χ1v) is 12.1. The van der Waals surface area contributed by atoms with E-state index >= 15 is 0 Å². The molecule has 0 spiro atoms. The van der Waals surface area contributed by atoms with E-state index in [0.29, 0.717) is 16.9 Å². The van der Waals surface area contributed by atoms with E-state index in [2.05, 4.69) is 10.6 Å². The Hall–Kier alpha value is -4.43. The fourth-order valence-electron chi connectivity index (χ4n) is 3.58. The van der Waals surface area contributed by atoms with Crippen LogP contribution < -0.4 is 15.5 Å². The van der Waals surface area contributed by atoms with E-state index in [-0.39, 0.29) is 34.5 Å². The van der Waals surface area contributed by atoms with Crippen LogP contribution in [-0.2, 0) is 14.3 Å². The molecule has 0 saturated heterocycles. The van der Waals surface area contributed by atoms with E-state index in [1.807, 2.05) is 25.1 Å². The highest BCUT2D eigenvalue weighted by molar-refractivity contribution is 6.53. The van der Waals surface area contributed by atoms with E-state index in [9.17, 15) is 19.2 Å². The number of imide groups is 1. The quantitative estimate of drug-likeness (QED) is 0.226. The maximum Gasteiger partial charge on any atom is 0.338 e. The van der Waals surface area contributed by atoms with Crippen molar-refractivity contribution in [3.8, 4) is 0 Å². The molecule has 1 aliphatic rings. The number of nitrogens with zero attached hydrogens (tertiary/aromatic N) is 1. The molecule has 0 aromatic heterocycles. The third kappa shape index (κ3) is 5.87. The summed E-state index contributed by atoms with van der Waals surface area (Å²) in [7, 11) is 0. The summed E-state index contributed by atoms with van der Waals surface area (Å²) in [6, 6.07) is 21.5. The van der Waals surface area contributed by atoms with Crippen LogP contribution in [0.2, 0.25) is 0 Å². The smallest absolute Gasteiger partial charge is 0.338 e. The number of benzene rings is 3. The molecule has 0 bridgehead atoms. The number of nitrogens with one attached hydrogen (secondary N) is 2. The molecule has 0 aliphatic carbocycles. The van der Waals surface area contributed by atoms with Crippen LogP contribution in [0.4, 0.5) is 17.1 Å². The van der Waals surface area contributed by atoms with E-state index in [1.165, 1.54) is 12.1 Å². The highest BCUT2D eigenvalue weighted by Crippen LogP contribution is 2.30. The van der Waals surface area contributed by atoms with Crippen molar-refractivity contribution in [1.29, 1.82) is 0 Å². The summed E-state index contributed by atoms with van der Waals surface area (Å²) in [6.07, 6.45) is 1.62. The van der Waals surface area contributed by atoms with Crippen LogP contribution in [0.3, 0.4) is 0 Å². The van der Waals surface area contributed by atoms with Crippen LogP contribution in [0.1, 0.15) is 40.5 Å². The number of esters is 1. The molecule has 0 atom stereocenters. The fraction of sp³-hybridized carbons (Fsp3) is 0.143. The number of hydrogen-bond acceptors (Lipinski definition) is 6. The SMILES string of the molecule is CCCCOC(=O)c1cccc(N2C(=O)C(Cl)=C(Nc3ccc(C(=O)Nc4ccccc4)cc3)C2=O)c1. The molecule has 3 aromatic carbocycles. The molecule has 0 fully saturated rings. The van der Waals surface area contributed by atoms with Gasteiger partial charge in [-0.2, -0.15) is 0 Å². The summed E-state index contributed by atoms with van der Waals surface area (Å²) in [4.78, 5) is 51.6. The summed E-state index contributed by atoms with van der Waals surface area (Å²) in [5, 5.41) is 5.38. The maximum atomic E-state index is 13.1. The minimum atomic E-state index is -0.718. The molecule has 0 unspecified atom stereocenters. The molecule has 188 valence electrons. The number of ether oxygens (including phenoxy) is 1. The molecule has 1 aliphatic heterocycles. The highest BCUT2D eigenvalue weighted by Gasteiger charge is 2.39. The van der Waals surface area contributed by atoms with Crippen LogP contribution in [0.5, 0.6) is 0 Å². The molecule has 37 heavy (non-hydrogen) atoms. The number of para-hydroxylation sites is 1. The monoisotopic (exact) mass is 517 g/mol. The molecule has 0 saturated carbocycles. The zero-order valence-electron chi connectivity index (χ0n) is 20.0. The first-order valence-electron chi connectivity index (χ1n) is 11.7. The Labute approximate surface area is 218 Å². The van der Waals surface area contributed by atoms with Gasteiger partial charge >= 0.3 is 5.97 Å². The average Bonchev–Trinajstić information content (AvgIpc) is 3.12. The van der Waals surface area contributed by atoms with Crippen LogP contribution in [-0.4, -0.2) is 30.3 Å². The number of anilines is 3. The predicted molar refractivity (Wildman–Crippen MR) is 141 cm³/mol. The molecule has 3 aromatic rings. The van der Waals surface area contributed by atoms with Gasteiger partial charge in [-0.15, -0.1) is 0 Å². The second-order valence-corrected chi connectivity index (χ2v) is 8.57. The van der Waals surface area contributed by atoms with Gasteiger partial charge in [-0.05, 0) is 61.0 Å². The molecule has 9 heteroatoms. The standard InChI is InChI=1S/C28H24ClN3O5/c1-2-3-16-37-28(36)19-8-7-11-22(17-19)32-26(34)23(29)24(27(32)35)30-21-14-12-18(13-15-21)25(33)31-20-9-5-4-6-10-20/h4-15,17,30H,2-3,16H2,1H3,(H,31,33).